The van der Waals surface area contributed by atoms with Crippen LogP contribution in [0.15, 0.2) is 33.6 Å². The fraction of sp³-hybridized carbons (Fsp3) is 0. The van der Waals surface area contributed by atoms with Gasteiger partial charge in [0, 0.05) is 30.3 Å². The minimum absolute atomic E-state index is 0. The van der Waals surface area contributed by atoms with Crippen LogP contribution in [-0.4, -0.2) is 38.8 Å². The van der Waals surface area contributed by atoms with E-state index in [0.29, 0.717) is 4.47 Å². The quantitative estimate of drug-likeness (QED) is 0.776. The monoisotopic (exact) mass is 351 g/mol. The molecule has 0 saturated carbocycles. The minimum atomic E-state index is -4.08. The zero-order chi connectivity index (χ0) is 8.48. The first-order chi connectivity index (χ1) is 5.02. The summed E-state index contributed by atoms with van der Waals surface area (Å²) >= 11 is 2.99. The van der Waals surface area contributed by atoms with Crippen molar-refractivity contribution in [1.82, 2.24) is 0 Å². The van der Waals surface area contributed by atoms with E-state index in [1.54, 1.807) is 12.1 Å². The number of hydrogen-bond donors (Lipinski definition) is 1. The molecule has 12 heavy (non-hydrogen) atoms. The predicted octanol–water partition coefficient (Wildman–Crippen LogP) is 1.32. The smallest absolute Gasteiger partial charge is 0.282 e. The number of halogens is 1. The minimum Gasteiger partial charge on any atom is -0.282 e. The maximum Gasteiger partial charge on any atom is 0.295 e. The zero-order valence-corrected chi connectivity index (χ0v) is 11.6. The van der Waals surface area contributed by atoms with Crippen LogP contribution < -0.4 is 0 Å². The fourth-order valence-electron chi connectivity index (χ4n) is 0.654. The largest absolute Gasteiger partial charge is 0.295 e. The van der Waals surface area contributed by atoms with Crippen molar-refractivity contribution in [1.29, 1.82) is 0 Å². The van der Waals surface area contributed by atoms with Crippen molar-refractivity contribution in [2.45, 2.75) is 4.90 Å². The predicted molar refractivity (Wildman–Crippen MR) is 49.7 cm³/mol. The van der Waals surface area contributed by atoms with E-state index in [1.165, 1.54) is 12.1 Å². The molecule has 0 heterocycles. The van der Waals surface area contributed by atoms with Gasteiger partial charge >= 0.3 is 0 Å². The Morgan fingerprint density at radius 3 is 2.08 bits per heavy atom. The molecular formula is C6H5BrInO3S. The van der Waals surface area contributed by atoms with Crippen LogP contribution >= 0.6 is 15.9 Å². The molecule has 3 radical (unpaired) electrons. The van der Waals surface area contributed by atoms with E-state index in [9.17, 15) is 8.42 Å². The van der Waals surface area contributed by atoms with E-state index < -0.39 is 10.1 Å². The summed E-state index contributed by atoms with van der Waals surface area (Å²) in [5, 5.41) is 0. The Kier molecular flexibility index (Phi) is 4.83. The molecule has 0 aliphatic rings. The van der Waals surface area contributed by atoms with Crippen LogP contribution in [0.5, 0.6) is 0 Å². The van der Waals surface area contributed by atoms with E-state index in [-0.39, 0.29) is 30.7 Å². The second-order valence-corrected chi connectivity index (χ2v) is 4.15. The molecule has 1 aromatic carbocycles. The number of hydrogen-bond acceptors (Lipinski definition) is 2. The normalized spacial score (nSPS) is 10.5. The van der Waals surface area contributed by atoms with Gasteiger partial charge in [-0.3, -0.25) is 4.55 Å². The third kappa shape index (κ3) is 3.08. The van der Waals surface area contributed by atoms with Crippen molar-refractivity contribution in [3.8, 4) is 0 Å². The maximum absolute atomic E-state index is 10.6. The molecule has 0 aliphatic carbocycles. The first kappa shape index (κ1) is 12.5. The second kappa shape index (κ2) is 4.64. The van der Waals surface area contributed by atoms with Gasteiger partial charge < -0.3 is 0 Å². The summed E-state index contributed by atoms with van der Waals surface area (Å²) in [7, 11) is -4.08. The summed E-state index contributed by atoms with van der Waals surface area (Å²) < 4.78 is 30.1. The van der Waals surface area contributed by atoms with Crippen molar-refractivity contribution in [2.75, 3.05) is 0 Å². The van der Waals surface area contributed by atoms with E-state index >= 15 is 0 Å². The first-order valence-corrected chi connectivity index (χ1v) is 4.97. The van der Waals surface area contributed by atoms with Gasteiger partial charge in [-0.05, 0) is 28.1 Å². The van der Waals surface area contributed by atoms with Gasteiger partial charge in [-0.2, -0.15) is 8.42 Å². The van der Waals surface area contributed by atoms with E-state index in [4.69, 9.17) is 4.55 Å². The Labute approximate surface area is 97.8 Å². The molecular weight excluding hydrogens is 347 g/mol. The molecule has 1 rings (SSSR count). The van der Waals surface area contributed by atoms with Crippen molar-refractivity contribution in [3.63, 3.8) is 0 Å². The van der Waals surface area contributed by atoms with Crippen LogP contribution in [0.3, 0.4) is 0 Å². The Morgan fingerprint density at radius 1 is 1.25 bits per heavy atom. The molecule has 0 unspecified atom stereocenters. The van der Waals surface area contributed by atoms with Gasteiger partial charge in [0.1, 0.15) is 4.90 Å². The molecule has 0 fully saturated rings. The summed E-state index contributed by atoms with van der Waals surface area (Å²) in [5.74, 6) is 0. The van der Waals surface area contributed by atoms with Crippen molar-refractivity contribution < 1.29 is 13.0 Å². The van der Waals surface area contributed by atoms with Crippen LogP contribution in [0.2, 0.25) is 0 Å². The van der Waals surface area contributed by atoms with Gasteiger partial charge in [-0.1, -0.05) is 12.1 Å². The molecule has 0 aliphatic heterocycles. The summed E-state index contributed by atoms with van der Waals surface area (Å²) in [4.78, 5) is -0.111. The van der Waals surface area contributed by atoms with Gasteiger partial charge in [-0.25, -0.2) is 0 Å². The van der Waals surface area contributed by atoms with Gasteiger partial charge in [-0.15, -0.1) is 0 Å². The van der Waals surface area contributed by atoms with E-state index in [1.807, 2.05) is 0 Å². The summed E-state index contributed by atoms with van der Waals surface area (Å²) in [6.45, 7) is 0. The molecule has 1 N–H and O–H groups in total. The van der Waals surface area contributed by atoms with Gasteiger partial charge in [0.2, 0.25) is 0 Å². The first-order valence-electron chi connectivity index (χ1n) is 2.74. The SMILES string of the molecule is O=S(=O)(O)c1ccccc1Br.[In]. The Balaban J connectivity index is 0.00000121. The molecule has 1 aromatic rings. The standard InChI is InChI=1S/C6H5BrO3S.In/c7-5-3-1-2-4-6(5)11(8,9)10;/h1-4H,(H,8,9,10);. The summed E-state index contributed by atoms with van der Waals surface area (Å²) in [6.07, 6.45) is 0. The molecule has 0 saturated heterocycles. The van der Waals surface area contributed by atoms with Gasteiger partial charge in [0.25, 0.3) is 10.1 Å². The maximum atomic E-state index is 10.6. The van der Waals surface area contributed by atoms with Gasteiger partial charge in [0.15, 0.2) is 0 Å². The summed E-state index contributed by atoms with van der Waals surface area (Å²) in [5.41, 5.74) is 0. The molecule has 0 spiro atoms. The zero-order valence-electron chi connectivity index (χ0n) is 5.94. The third-order valence-corrected chi connectivity index (χ3v) is 2.98. The molecule has 6 heteroatoms. The van der Waals surface area contributed by atoms with E-state index in [2.05, 4.69) is 15.9 Å². The Morgan fingerprint density at radius 2 is 1.75 bits per heavy atom. The molecule has 3 nitrogen and oxygen atoms in total. The van der Waals surface area contributed by atoms with Crippen molar-refractivity contribution >= 4 is 51.9 Å². The number of benzene rings is 1. The molecule has 0 bridgehead atoms. The Bertz CT molecular complexity index is 363. The fourth-order valence-corrected chi connectivity index (χ4v) is 2.12. The average Bonchev–Trinajstić information content (AvgIpc) is 1.86. The topological polar surface area (TPSA) is 54.4 Å². The van der Waals surface area contributed by atoms with Crippen molar-refractivity contribution in [2.24, 2.45) is 0 Å². The van der Waals surface area contributed by atoms with Crippen molar-refractivity contribution in [3.05, 3.63) is 28.7 Å². The van der Waals surface area contributed by atoms with E-state index in [0.717, 1.165) is 0 Å². The number of rotatable bonds is 1. The molecule has 0 amide bonds. The van der Waals surface area contributed by atoms with Crippen LogP contribution in [0.4, 0.5) is 0 Å². The Hall–Kier alpha value is 0.480. The van der Waals surface area contributed by atoms with Crippen LogP contribution in [-0.2, 0) is 10.1 Å². The second-order valence-electron chi connectivity index (χ2n) is 1.91. The van der Waals surface area contributed by atoms with Gasteiger partial charge in [0.05, 0.1) is 0 Å². The average molecular weight is 352 g/mol. The molecule has 0 atom stereocenters. The summed E-state index contributed by atoms with van der Waals surface area (Å²) in [6, 6.07) is 6.06. The molecule has 0 aromatic heterocycles. The van der Waals surface area contributed by atoms with Crippen LogP contribution in [0, 0.1) is 0 Å². The van der Waals surface area contributed by atoms with Crippen LogP contribution in [0.1, 0.15) is 0 Å². The molecule has 63 valence electrons. The van der Waals surface area contributed by atoms with Crippen LogP contribution in [0.25, 0.3) is 0 Å². The third-order valence-electron chi connectivity index (χ3n) is 1.11.